The molecule has 1 atom stereocenters. The number of nitrogens with one attached hydrogen (secondary N) is 1. The third-order valence-corrected chi connectivity index (χ3v) is 4.67. The lowest BCUT2D eigenvalue weighted by Gasteiger charge is -2.29. The van der Waals surface area contributed by atoms with Crippen LogP contribution in [0.15, 0.2) is 40.3 Å². The summed E-state index contributed by atoms with van der Waals surface area (Å²) in [4.78, 5) is 15.9. The van der Waals surface area contributed by atoms with Crippen molar-refractivity contribution in [2.75, 3.05) is 13.1 Å². The van der Waals surface area contributed by atoms with Crippen molar-refractivity contribution in [3.63, 3.8) is 0 Å². The summed E-state index contributed by atoms with van der Waals surface area (Å²) >= 11 is 1.69. The van der Waals surface area contributed by atoms with E-state index in [2.05, 4.69) is 11.4 Å². The van der Waals surface area contributed by atoms with E-state index in [0.717, 1.165) is 31.7 Å². The van der Waals surface area contributed by atoms with Crippen molar-refractivity contribution < 1.29 is 9.21 Å². The van der Waals surface area contributed by atoms with E-state index in [1.807, 2.05) is 28.5 Å². The molecule has 1 amide bonds. The number of amides is 1. The van der Waals surface area contributed by atoms with Gasteiger partial charge in [-0.2, -0.15) is 0 Å². The maximum Gasteiger partial charge on any atom is 0.227 e. The Morgan fingerprint density at radius 1 is 1.38 bits per heavy atom. The van der Waals surface area contributed by atoms with Crippen LogP contribution in [0.5, 0.6) is 0 Å². The number of thiophene rings is 1. The highest BCUT2D eigenvalue weighted by Crippen LogP contribution is 2.20. The van der Waals surface area contributed by atoms with Gasteiger partial charge in [0.2, 0.25) is 5.91 Å². The van der Waals surface area contributed by atoms with Crippen molar-refractivity contribution in [2.45, 2.75) is 25.9 Å². The average Bonchev–Trinajstić information content (AvgIpc) is 3.20. The highest BCUT2D eigenvalue weighted by atomic mass is 32.1. The molecule has 0 unspecified atom stereocenters. The smallest absolute Gasteiger partial charge is 0.227 e. The molecular formula is C16H20N2O2S. The van der Waals surface area contributed by atoms with Crippen LogP contribution in [-0.2, 0) is 17.9 Å². The van der Waals surface area contributed by atoms with Crippen molar-refractivity contribution in [2.24, 2.45) is 5.92 Å². The third-order valence-electron chi connectivity index (χ3n) is 3.81. The van der Waals surface area contributed by atoms with Crippen LogP contribution in [0.25, 0.3) is 0 Å². The fourth-order valence-electron chi connectivity index (χ4n) is 2.71. The van der Waals surface area contributed by atoms with Crippen LogP contribution in [-0.4, -0.2) is 23.9 Å². The Labute approximate surface area is 128 Å². The maximum atomic E-state index is 12.8. The summed E-state index contributed by atoms with van der Waals surface area (Å²) in [7, 11) is 0. The lowest BCUT2D eigenvalue weighted by Crippen LogP contribution is -2.42. The second-order valence-electron chi connectivity index (χ2n) is 5.40. The van der Waals surface area contributed by atoms with Crippen LogP contribution >= 0.6 is 11.3 Å². The molecule has 1 fully saturated rings. The molecule has 5 heteroatoms. The van der Waals surface area contributed by atoms with Crippen molar-refractivity contribution in [1.82, 2.24) is 10.2 Å². The first kappa shape index (κ1) is 14.4. The van der Waals surface area contributed by atoms with Crippen LogP contribution in [0.1, 0.15) is 23.5 Å². The summed E-state index contributed by atoms with van der Waals surface area (Å²) in [5, 5.41) is 5.37. The SMILES string of the molecule is O=C([C@@H]1CCCNC1)N(Cc1ccco1)Cc1cccs1. The highest BCUT2D eigenvalue weighted by Gasteiger charge is 2.26. The summed E-state index contributed by atoms with van der Waals surface area (Å²) in [6, 6.07) is 7.89. The largest absolute Gasteiger partial charge is 0.467 e. The molecule has 0 saturated carbocycles. The van der Waals surface area contributed by atoms with Gasteiger partial charge in [-0.25, -0.2) is 0 Å². The minimum Gasteiger partial charge on any atom is -0.467 e. The topological polar surface area (TPSA) is 45.5 Å². The van der Waals surface area contributed by atoms with Gasteiger partial charge in [0.1, 0.15) is 5.76 Å². The molecule has 1 saturated heterocycles. The second-order valence-corrected chi connectivity index (χ2v) is 6.43. The van der Waals surface area contributed by atoms with Crippen LogP contribution in [0, 0.1) is 5.92 Å². The quantitative estimate of drug-likeness (QED) is 0.924. The molecule has 3 rings (SSSR count). The monoisotopic (exact) mass is 304 g/mol. The van der Waals surface area contributed by atoms with Gasteiger partial charge in [-0.05, 0) is 43.0 Å². The van der Waals surface area contributed by atoms with E-state index in [-0.39, 0.29) is 11.8 Å². The Kier molecular flexibility index (Phi) is 4.72. The molecular weight excluding hydrogens is 284 g/mol. The number of hydrogen-bond acceptors (Lipinski definition) is 4. The average molecular weight is 304 g/mol. The Balaban J connectivity index is 1.72. The Hall–Kier alpha value is -1.59. The van der Waals surface area contributed by atoms with E-state index in [9.17, 15) is 4.79 Å². The van der Waals surface area contributed by atoms with Crippen molar-refractivity contribution in [1.29, 1.82) is 0 Å². The molecule has 3 heterocycles. The van der Waals surface area contributed by atoms with Crippen molar-refractivity contribution in [3.05, 3.63) is 46.5 Å². The van der Waals surface area contributed by atoms with Crippen LogP contribution < -0.4 is 5.32 Å². The lowest BCUT2D eigenvalue weighted by atomic mass is 9.98. The molecule has 0 bridgehead atoms. The van der Waals surface area contributed by atoms with Gasteiger partial charge in [-0.1, -0.05) is 6.07 Å². The van der Waals surface area contributed by atoms with Gasteiger partial charge in [0.25, 0.3) is 0 Å². The van der Waals surface area contributed by atoms with E-state index < -0.39 is 0 Å². The molecule has 2 aromatic rings. The molecule has 1 N–H and O–H groups in total. The van der Waals surface area contributed by atoms with Crippen molar-refractivity contribution >= 4 is 17.2 Å². The molecule has 0 aliphatic carbocycles. The Bertz CT molecular complexity index is 509. The second kappa shape index (κ2) is 6.91. The highest BCUT2D eigenvalue weighted by molar-refractivity contribution is 7.09. The normalized spacial score (nSPS) is 18.6. The number of piperidine rings is 1. The van der Waals surface area contributed by atoms with Crippen LogP contribution in [0.4, 0.5) is 0 Å². The lowest BCUT2D eigenvalue weighted by molar-refractivity contribution is -0.137. The molecule has 1 aliphatic rings. The Morgan fingerprint density at radius 3 is 3.00 bits per heavy atom. The van der Waals surface area contributed by atoms with E-state index in [1.54, 1.807) is 17.6 Å². The number of furan rings is 1. The van der Waals surface area contributed by atoms with E-state index >= 15 is 0 Å². The van der Waals surface area contributed by atoms with Gasteiger partial charge >= 0.3 is 0 Å². The van der Waals surface area contributed by atoms with Crippen LogP contribution in [0.2, 0.25) is 0 Å². The molecule has 0 radical (unpaired) electrons. The molecule has 0 spiro atoms. The van der Waals surface area contributed by atoms with Gasteiger partial charge in [0.15, 0.2) is 0 Å². The first-order chi connectivity index (χ1) is 10.3. The van der Waals surface area contributed by atoms with Crippen LogP contribution in [0.3, 0.4) is 0 Å². The zero-order chi connectivity index (χ0) is 14.5. The number of carbonyl (C=O) groups is 1. The molecule has 112 valence electrons. The van der Waals surface area contributed by atoms with Gasteiger partial charge in [0, 0.05) is 11.4 Å². The van der Waals surface area contributed by atoms with E-state index in [4.69, 9.17) is 4.42 Å². The van der Waals surface area contributed by atoms with Gasteiger partial charge in [-0.15, -0.1) is 11.3 Å². The number of nitrogens with zero attached hydrogens (tertiary/aromatic N) is 1. The third kappa shape index (κ3) is 3.74. The first-order valence-electron chi connectivity index (χ1n) is 7.37. The van der Waals surface area contributed by atoms with E-state index in [0.29, 0.717) is 13.1 Å². The fraction of sp³-hybridized carbons (Fsp3) is 0.438. The Morgan fingerprint density at radius 2 is 2.33 bits per heavy atom. The van der Waals surface area contributed by atoms with Gasteiger partial charge < -0.3 is 14.6 Å². The molecule has 0 aromatic carbocycles. The van der Waals surface area contributed by atoms with Crippen molar-refractivity contribution in [3.8, 4) is 0 Å². The number of rotatable bonds is 5. The number of hydrogen-bond donors (Lipinski definition) is 1. The van der Waals surface area contributed by atoms with E-state index in [1.165, 1.54) is 4.88 Å². The fourth-order valence-corrected chi connectivity index (χ4v) is 3.43. The maximum absolute atomic E-state index is 12.8. The zero-order valence-corrected chi connectivity index (χ0v) is 12.8. The molecule has 1 aliphatic heterocycles. The van der Waals surface area contributed by atoms with Gasteiger partial charge in [0.05, 0.1) is 25.3 Å². The molecule has 21 heavy (non-hydrogen) atoms. The summed E-state index contributed by atoms with van der Waals surface area (Å²) in [6.07, 6.45) is 3.71. The first-order valence-corrected chi connectivity index (χ1v) is 8.25. The minimum atomic E-state index is 0.0914. The minimum absolute atomic E-state index is 0.0914. The zero-order valence-electron chi connectivity index (χ0n) is 12.0. The predicted molar refractivity (Wildman–Crippen MR) is 82.9 cm³/mol. The summed E-state index contributed by atoms with van der Waals surface area (Å²) in [6.45, 7) is 3.01. The standard InChI is InChI=1S/C16H20N2O2S/c19-16(13-4-1-7-17-10-13)18(11-14-5-2-8-20-14)12-15-6-3-9-21-15/h2-3,5-6,8-9,13,17H,1,4,7,10-12H2/t13-/m1/s1. The predicted octanol–water partition coefficient (Wildman–Crippen LogP) is 2.87. The summed E-state index contributed by atoms with van der Waals surface area (Å²) < 4.78 is 5.41. The summed E-state index contributed by atoms with van der Waals surface area (Å²) in [5.41, 5.74) is 0. The number of carbonyl (C=O) groups excluding carboxylic acids is 1. The molecule has 2 aromatic heterocycles. The summed E-state index contributed by atoms with van der Waals surface area (Å²) in [5.74, 6) is 1.16. The molecule has 4 nitrogen and oxygen atoms in total. The van der Waals surface area contributed by atoms with Gasteiger partial charge in [-0.3, -0.25) is 4.79 Å².